The quantitative estimate of drug-likeness (QED) is 0.766. The summed E-state index contributed by atoms with van der Waals surface area (Å²) in [6, 6.07) is 6.79. The molecule has 0 radical (unpaired) electrons. The Labute approximate surface area is 105 Å². The molecule has 1 atom stereocenters. The molecule has 3 rings (SSSR count). The number of rotatable bonds is 0. The van der Waals surface area contributed by atoms with Crippen LogP contribution in [0.1, 0.15) is 6.42 Å². The van der Waals surface area contributed by atoms with Crippen LogP contribution < -0.4 is 10.2 Å². The molecule has 16 heavy (non-hydrogen) atoms. The molecule has 2 aliphatic heterocycles. The summed E-state index contributed by atoms with van der Waals surface area (Å²) in [7, 11) is 0. The zero-order valence-corrected chi connectivity index (χ0v) is 10.7. The van der Waals surface area contributed by atoms with Crippen LogP contribution in [0.15, 0.2) is 18.2 Å². The number of fused-ring (bicyclic) bond motifs is 3. The van der Waals surface area contributed by atoms with E-state index >= 15 is 0 Å². The summed E-state index contributed by atoms with van der Waals surface area (Å²) >= 11 is 8.40. The Hall–Kier alpha value is -0.540. The number of anilines is 2. The van der Waals surface area contributed by atoms with Gasteiger partial charge in [-0.2, -0.15) is 11.8 Å². The van der Waals surface area contributed by atoms with E-state index in [-0.39, 0.29) is 0 Å². The molecule has 1 aromatic carbocycles. The van der Waals surface area contributed by atoms with Crippen LogP contribution in [0.25, 0.3) is 0 Å². The number of nitrogens with zero attached hydrogens (tertiary/aromatic N) is 1. The standard InChI is InChI=1S/C12H15ClN2S/c13-10-2-1-3-11-12(10)15-6-7-16-8-9(15)4-5-14-11/h1-3,9,14H,4-8H2. The van der Waals surface area contributed by atoms with Gasteiger partial charge in [-0.1, -0.05) is 17.7 Å². The monoisotopic (exact) mass is 254 g/mol. The number of halogens is 1. The predicted octanol–water partition coefficient (Wildman–Crippen LogP) is 3.08. The lowest BCUT2D eigenvalue weighted by atomic mass is 10.2. The molecule has 1 saturated heterocycles. The van der Waals surface area contributed by atoms with Gasteiger partial charge in [0.05, 0.1) is 16.4 Å². The zero-order chi connectivity index (χ0) is 11.0. The lowest BCUT2D eigenvalue weighted by Gasteiger charge is -2.36. The van der Waals surface area contributed by atoms with Gasteiger partial charge in [-0.05, 0) is 18.6 Å². The van der Waals surface area contributed by atoms with Crippen LogP contribution in [-0.2, 0) is 0 Å². The molecule has 86 valence electrons. The van der Waals surface area contributed by atoms with Crippen LogP contribution in [0.4, 0.5) is 11.4 Å². The highest BCUT2D eigenvalue weighted by Gasteiger charge is 2.28. The Morgan fingerprint density at radius 3 is 3.31 bits per heavy atom. The summed E-state index contributed by atoms with van der Waals surface area (Å²) in [6.07, 6.45) is 1.21. The van der Waals surface area contributed by atoms with Crippen molar-refractivity contribution in [2.45, 2.75) is 12.5 Å². The second-order valence-electron chi connectivity index (χ2n) is 4.27. The highest BCUT2D eigenvalue weighted by Crippen LogP contribution is 2.39. The molecule has 1 aromatic rings. The number of benzene rings is 1. The maximum Gasteiger partial charge on any atom is 0.0794 e. The van der Waals surface area contributed by atoms with Gasteiger partial charge in [0.2, 0.25) is 0 Å². The molecule has 1 fully saturated rings. The van der Waals surface area contributed by atoms with E-state index in [0.29, 0.717) is 6.04 Å². The maximum atomic E-state index is 6.35. The number of hydrogen-bond acceptors (Lipinski definition) is 3. The van der Waals surface area contributed by atoms with E-state index in [9.17, 15) is 0 Å². The molecule has 2 heterocycles. The van der Waals surface area contributed by atoms with Crippen molar-refractivity contribution >= 4 is 34.7 Å². The minimum absolute atomic E-state index is 0.646. The molecule has 0 bridgehead atoms. The van der Waals surface area contributed by atoms with Gasteiger partial charge in [0, 0.05) is 30.6 Å². The Morgan fingerprint density at radius 1 is 1.44 bits per heavy atom. The van der Waals surface area contributed by atoms with Crippen LogP contribution in [0.5, 0.6) is 0 Å². The molecular formula is C12H15ClN2S. The Balaban J connectivity index is 2.06. The maximum absolute atomic E-state index is 6.35. The second-order valence-corrected chi connectivity index (χ2v) is 5.83. The largest absolute Gasteiger partial charge is 0.383 e. The highest BCUT2D eigenvalue weighted by atomic mass is 35.5. The average molecular weight is 255 g/mol. The molecule has 1 unspecified atom stereocenters. The van der Waals surface area contributed by atoms with Gasteiger partial charge in [0.25, 0.3) is 0 Å². The van der Waals surface area contributed by atoms with Gasteiger partial charge in [-0.3, -0.25) is 0 Å². The summed E-state index contributed by atoms with van der Waals surface area (Å²) in [4.78, 5) is 2.49. The van der Waals surface area contributed by atoms with E-state index in [0.717, 1.165) is 18.1 Å². The van der Waals surface area contributed by atoms with E-state index in [1.165, 1.54) is 29.3 Å². The van der Waals surface area contributed by atoms with Gasteiger partial charge in [-0.25, -0.2) is 0 Å². The molecule has 1 N–H and O–H groups in total. The van der Waals surface area contributed by atoms with Gasteiger partial charge in [-0.15, -0.1) is 0 Å². The van der Waals surface area contributed by atoms with Crippen LogP contribution in [-0.4, -0.2) is 30.6 Å². The van der Waals surface area contributed by atoms with Crippen molar-refractivity contribution in [3.8, 4) is 0 Å². The summed E-state index contributed by atoms with van der Waals surface area (Å²) in [6.45, 7) is 2.17. The number of para-hydroxylation sites is 1. The lowest BCUT2D eigenvalue weighted by Crippen LogP contribution is -2.42. The fourth-order valence-electron chi connectivity index (χ4n) is 2.51. The average Bonchev–Trinajstić information content (AvgIpc) is 2.49. The minimum Gasteiger partial charge on any atom is -0.383 e. The lowest BCUT2D eigenvalue weighted by molar-refractivity contribution is 0.625. The highest BCUT2D eigenvalue weighted by molar-refractivity contribution is 7.99. The molecular weight excluding hydrogens is 240 g/mol. The van der Waals surface area contributed by atoms with E-state index < -0.39 is 0 Å². The molecule has 0 aromatic heterocycles. The molecule has 4 heteroatoms. The van der Waals surface area contributed by atoms with Crippen LogP contribution in [0.3, 0.4) is 0 Å². The van der Waals surface area contributed by atoms with Gasteiger partial charge >= 0.3 is 0 Å². The number of hydrogen-bond donors (Lipinski definition) is 1. The van der Waals surface area contributed by atoms with E-state index in [2.05, 4.69) is 28.0 Å². The molecule has 2 nitrogen and oxygen atoms in total. The van der Waals surface area contributed by atoms with Crippen LogP contribution >= 0.6 is 23.4 Å². The van der Waals surface area contributed by atoms with E-state index in [1.54, 1.807) is 0 Å². The summed E-state index contributed by atoms with van der Waals surface area (Å²) in [5.41, 5.74) is 2.41. The van der Waals surface area contributed by atoms with Crippen molar-refractivity contribution in [3.05, 3.63) is 23.2 Å². The first-order valence-electron chi connectivity index (χ1n) is 5.73. The SMILES string of the molecule is Clc1cccc2c1N1CCSCC1CCN2. The van der Waals surface area contributed by atoms with E-state index in [1.807, 2.05) is 12.1 Å². The molecule has 0 amide bonds. The summed E-state index contributed by atoms with van der Waals surface area (Å²) in [5.74, 6) is 2.44. The second kappa shape index (κ2) is 4.38. The van der Waals surface area contributed by atoms with Gasteiger partial charge in [0.15, 0.2) is 0 Å². The number of nitrogens with one attached hydrogen (secondary N) is 1. The molecule has 0 aliphatic carbocycles. The Morgan fingerprint density at radius 2 is 2.38 bits per heavy atom. The Bertz CT molecular complexity index is 397. The zero-order valence-electron chi connectivity index (χ0n) is 9.08. The topological polar surface area (TPSA) is 15.3 Å². The number of thioether (sulfide) groups is 1. The van der Waals surface area contributed by atoms with Crippen molar-refractivity contribution < 1.29 is 0 Å². The normalized spacial score (nSPS) is 24.1. The first kappa shape index (κ1) is 10.6. The predicted molar refractivity (Wildman–Crippen MR) is 73.0 cm³/mol. The first-order chi connectivity index (χ1) is 7.86. The van der Waals surface area contributed by atoms with Gasteiger partial charge in [0.1, 0.15) is 0 Å². The third kappa shape index (κ3) is 1.76. The van der Waals surface area contributed by atoms with Crippen LogP contribution in [0.2, 0.25) is 5.02 Å². The van der Waals surface area contributed by atoms with Crippen molar-refractivity contribution in [1.29, 1.82) is 0 Å². The van der Waals surface area contributed by atoms with Crippen molar-refractivity contribution in [1.82, 2.24) is 0 Å². The van der Waals surface area contributed by atoms with E-state index in [4.69, 9.17) is 11.6 Å². The first-order valence-corrected chi connectivity index (χ1v) is 7.26. The smallest absolute Gasteiger partial charge is 0.0794 e. The van der Waals surface area contributed by atoms with Crippen molar-refractivity contribution in [3.63, 3.8) is 0 Å². The summed E-state index contributed by atoms with van der Waals surface area (Å²) < 4.78 is 0. The molecule has 0 saturated carbocycles. The van der Waals surface area contributed by atoms with Crippen molar-refractivity contribution in [2.24, 2.45) is 0 Å². The fourth-order valence-corrected chi connectivity index (χ4v) is 3.91. The third-order valence-electron chi connectivity index (χ3n) is 3.29. The van der Waals surface area contributed by atoms with Gasteiger partial charge < -0.3 is 10.2 Å². The Kier molecular flexibility index (Phi) is 2.90. The third-order valence-corrected chi connectivity index (χ3v) is 4.69. The molecule has 0 spiro atoms. The fraction of sp³-hybridized carbons (Fsp3) is 0.500. The van der Waals surface area contributed by atoms with Crippen molar-refractivity contribution in [2.75, 3.05) is 34.8 Å². The summed E-state index contributed by atoms with van der Waals surface area (Å²) in [5, 5.41) is 4.37. The van der Waals surface area contributed by atoms with Crippen LogP contribution in [0, 0.1) is 0 Å². The minimum atomic E-state index is 0.646. The molecule has 2 aliphatic rings.